The lowest BCUT2D eigenvalue weighted by Crippen LogP contribution is -2.39. The maximum Gasteiger partial charge on any atom is 0.273 e. The Labute approximate surface area is 129 Å². The second-order valence-electron chi connectivity index (χ2n) is 6.41. The second kappa shape index (κ2) is 5.40. The third-order valence-electron chi connectivity index (χ3n) is 4.92. The van der Waals surface area contributed by atoms with E-state index in [4.69, 9.17) is 0 Å². The molecule has 2 heterocycles. The standard InChI is InChI=1S/C15H21N3O2S/c1-17(2)13(19)11-7-18(9-15(11)5-3-4-6-15)14(20)12-8-21-10-16-12/h8,10-11H,3-7,9H2,1-2H3. The summed E-state index contributed by atoms with van der Waals surface area (Å²) in [6.45, 7) is 1.24. The van der Waals surface area contributed by atoms with Crippen LogP contribution in [0.2, 0.25) is 0 Å². The molecule has 3 rings (SSSR count). The number of hydrogen-bond donors (Lipinski definition) is 0. The zero-order valence-electron chi connectivity index (χ0n) is 12.5. The molecule has 1 saturated heterocycles. The first-order valence-electron chi connectivity index (χ1n) is 7.42. The van der Waals surface area contributed by atoms with E-state index >= 15 is 0 Å². The van der Waals surface area contributed by atoms with Gasteiger partial charge in [0.2, 0.25) is 5.91 Å². The molecule has 2 amide bonds. The number of carbonyl (C=O) groups excluding carboxylic acids is 2. The van der Waals surface area contributed by atoms with Crippen molar-refractivity contribution in [3.63, 3.8) is 0 Å². The fourth-order valence-corrected chi connectivity index (χ4v) is 4.37. The number of carbonyl (C=O) groups is 2. The molecule has 5 nitrogen and oxygen atoms in total. The van der Waals surface area contributed by atoms with E-state index < -0.39 is 0 Å². The van der Waals surface area contributed by atoms with Crippen molar-refractivity contribution in [1.29, 1.82) is 0 Å². The normalized spacial score (nSPS) is 23.7. The van der Waals surface area contributed by atoms with Crippen LogP contribution in [0.25, 0.3) is 0 Å². The molecule has 0 N–H and O–H groups in total. The smallest absolute Gasteiger partial charge is 0.273 e. The van der Waals surface area contributed by atoms with Crippen LogP contribution >= 0.6 is 11.3 Å². The number of likely N-dealkylation sites (tertiary alicyclic amines) is 1. The van der Waals surface area contributed by atoms with Gasteiger partial charge in [0.25, 0.3) is 5.91 Å². The van der Waals surface area contributed by atoms with Gasteiger partial charge in [0.05, 0.1) is 11.4 Å². The highest BCUT2D eigenvalue weighted by Gasteiger charge is 2.52. The summed E-state index contributed by atoms with van der Waals surface area (Å²) in [5.41, 5.74) is 2.18. The molecule has 2 aliphatic rings. The van der Waals surface area contributed by atoms with Crippen molar-refractivity contribution >= 4 is 23.2 Å². The van der Waals surface area contributed by atoms with E-state index in [1.54, 1.807) is 29.9 Å². The van der Waals surface area contributed by atoms with Gasteiger partial charge in [-0.1, -0.05) is 12.8 Å². The molecule has 1 atom stereocenters. The Morgan fingerprint density at radius 3 is 2.67 bits per heavy atom. The minimum absolute atomic E-state index is 0.00691. The third kappa shape index (κ3) is 2.46. The SMILES string of the molecule is CN(C)C(=O)C1CN(C(=O)c2cscn2)CC12CCCC2. The summed E-state index contributed by atoms with van der Waals surface area (Å²) in [5, 5.41) is 1.78. The van der Waals surface area contributed by atoms with Crippen LogP contribution in [0.1, 0.15) is 36.2 Å². The summed E-state index contributed by atoms with van der Waals surface area (Å²) >= 11 is 1.43. The van der Waals surface area contributed by atoms with Crippen LogP contribution in [0.15, 0.2) is 10.9 Å². The Hall–Kier alpha value is -1.43. The predicted molar refractivity (Wildman–Crippen MR) is 81.1 cm³/mol. The largest absolute Gasteiger partial charge is 0.349 e. The number of nitrogens with zero attached hydrogens (tertiary/aromatic N) is 3. The number of thiazole rings is 1. The molecular weight excluding hydrogens is 286 g/mol. The molecule has 0 aromatic carbocycles. The van der Waals surface area contributed by atoms with Crippen LogP contribution in [-0.4, -0.2) is 53.8 Å². The van der Waals surface area contributed by atoms with Gasteiger partial charge in [-0.25, -0.2) is 4.98 Å². The Kier molecular flexibility index (Phi) is 3.73. The molecule has 6 heteroatoms. The van der Waals surface area contributed by atoms with E-state index in [9.17, 15) is 9.59 Å². The van der Waals surface area contributed by atoms with E-state index in [0.717, 1.165) is 25.7 Å². The van der Waals surface area contributed by atoms with Crippen LogP contribution in [-0.2, 0) is 4.79 Å². The fraction of sp³-hybridized carbons (Fsp3) is 0.667. The number of hydrogen-bond acceptors (Lipinski definition) is 4. The molecule has 21 heavy (non-hydrogen) atoms. The predicted octanol–water partition coefficient (Wildman–Crippen LogP) is 1.86. The molecule has 0 radical (unpaired) electrons. The van der Waals surface area contributed by atoms with Gasteiger partial charge < -0.3 is 9.80 Å². The second-order valence-corrected chi connectivity index (χ2v) is 7.13. The van der Waals surface area contributed by atoms with Gasteiger partial charge in [0.1, 0.15) is 5.69 Å². The van der Waals surface area contributed by atoms with Gasteiger partial charge in [-0.15, -0.1) is 11.3 Å². The summed E-state index contributed by atoms with van der Waals surface area (Å²) in [4.78, 5) is 32.7. The van der Waals surface area contributed by atoms with E-state index in [0.29, 0.717) is 18.8 Å². The number of rotatable bonds is 2. The maximum absolute atomic E-state index is 12.5. The summed E-state index contributed by atoms with van der Waals surface area (Å²) in [7, 11) is 3.60. The molecule has 2 fully saturated rings. The van der Waals surface area contributed by atoms with E-state index in [1.165, 1.54) is 11.3 Å². The number of aromatic nitrogens is 1. The average Bonchev–Trinajstić information content (AvgIpc) is 3.19. The molecule has 1 aliphatic heterocycles. The molecule has 0 bridgehead atoms. The molecule has 1 aromatic heterocycles. The van der Waals surface area contributed by atoms with Gasteiger partial charge in [-0.2, -0.15) is 0 Å². The van der Waals surface area contributed by atoms with Crippen molar-refractivity contribution in [3.05, 3.63) is 16.6 Å². The maximum atomic E-state index is 12.5. The van der Waals surface area contributed by atoms with Crippen LogP contribution in [0.4, 0.5) is 0 Å². The first kappa shape index (κ1) is 14.5. The molecule has 1 saturated carbocycles. The molecule has 1 unspecified atom stereocenters. The highest BCUT2D eigenvalue weighted by atomic mass is 32.1. The van der Waals surface area contributed by atoms with Crippen LogP contribution in [0.3, 0.4) is 0 Å². The van der Waals surface area contributed by atoms with E-state index in [2.05, 4.69) is 4.98 Å². The first-order valence-corrected chi connectivity index (χ1v) is 8.36. The molecule has 1 spiro atoms. The van der Waals surface area contributed by atoms with Crippen molar-refractivity contribution in [3.8, 4) is 0 Å². The van der Waals surface area contributed by atoms with Crippen molar-refractivity contribution in [2.75, 3.05) is 27.2 Å². The quantitative estimate of drug-likeness (QED) is 0.838. The number of amides is 2. The summed E-state index contributed by atoms with van der Waals surface area (Å²) < 4.78 is 0. The van der Waals surface area contributed by atoms with Crippen LogP contribution < -0.4 is 0 Å². The highest BCUT2D eigenvalue weighted by molar-refractivity contribution is 7.07. The topological polar surface area (TPSA) is 53.5 Å². The van der Waals surface area contributed by atoms with Crippen molar-refractivity contribution in [2.24, 2.45) is 11.3 Å². The van der Waals surface area contributed by atoms with Crippen molar-refractivity contribution in [2.45, 2.75) is 25.7 Å². The van der Waals surface area contributed by atoms with Gasteiger partial charge >= 0.3 is 0 Å². The van der Waals surface area contributed by atoms with Crippen molar-refractivity contribution in [1.82, 2.24) is 14.8 Å². The zero-order valence-corrected chi connectivity index (χ0v) is 13.4. The Morgan fingerprint density at radius 2 is 2.10 bits per heavy atom. The van der Waals surface area contributed by atoms with Gasteiger partial charge in [-0.05, 0) is 12.8 Å². The van der Waals surface area contributed by atoms with E-state index in [-0.39, 0.29) is 23.1 Å². The lowest BCUT2D eigenvalue weighted by atomic mass is 9.76. The third-order valence-corrected chi connectivity index (χ3v) is 5.51. The van der Waals surface area contributed by atoms with Gasteiger partial charge in [0.15, 0.2) is 0 Å². The first-order chi connectivity index (χ1) is 10.0. The molecule has 1 aromatic rings. The van der Waals surface area contributed by atoms with Crippen molar-refractivity contribution < 1.29 is 9.59 Å². The molecular formula is C15H21N3O2S. The van der Waals surface area contributed by atoms with Gasteiger partial charge in [-0.3, -0.25) is 9.59 Å². The highest BCUT2D eigenvalue weighted by Crippen LogP contribution is 2.49. The lowest BCUT2D eigenvalue weighted by Gasteiger charge is -2.30. The minimum atomic E-state index is -0.0578. The average molecular weight is 307 g/mol. The Bertz CT molecular complexity index is 535. The summed E-state index contributed by atoms with van der Waals surface area (Å²) in [6, 6.07) is 0. The lowest BCUT2D eigenvalue weighted by molar-refractivity contribution is -0.135. The zero-order chi connectivity index (χ0) is 15.0. The van der Waals surface area contributed by atoms with E-state index in [1.807, 2.05) is 4.90 Å². The van der Waals surface area contributed by atoms with Crippen LogP contribution in [0, 0.1) is 11.3 Å². The Balaban J connectivity index is 1.84. The fourth-order valence-electron chi connectivity index (χ4n) is 3.84. The molecule has 114 valence electrons. The molecule has 1 aliphatic carbocycles. The minimum Gasteiger partial charge on any atom is -0.349 e. The van der Waals surface area contributed by atoms with Crippen LogP contribution in [0.5, 0.6) is 0 Å². The summed E-state index contributed by atoms with van der Waals surface area (Å²) in [5.74, 6) is 0.0691. The monoisotopic (exact) mass is 307 g/mol. The van der Waals surface area contributed by atoms with Gasteiger partial charge in [0, 0.05) is 38.0 Å². The summed E-state index contributed by atoms with van der Waals surface area (Å²) in [6.07, 6.45) is 4.43. The Morgan fingerprint density at radius 1 is 1.38 bits per heavy atom.